The Morgan fingerprint density at radius 3 is 2.50 bits per heavy atom. The number of halogens is 3. The summed E-state index contributed by atoms with van der Waals surface area (Å²) < 4.78 is 39.6. The lowest BCUT2D eigenvalue weighted by Crippen LogP contribution is -2.10. The highest BCUT2D eigenvalue weighted by atomic mass is 19.4. The standard InChI is InChI=1S/C10H12F3N5/c1-3-18-6-7(9(16-18)10(11,12)13)4-8-5-14-17(2)15-8/h5-6H,3-4H2,1-2H3. The number of hydrogen-bond donors (Lipinski definition) is 0. The molecule has 0 aliphatic heterocycles. The molecule has 0 aliphatic rings. The van der Waals surface area contributed by atoms with Crippen LogP contribution in [0.15, 0.2) is 12.4 Å². The van der Waals surface area contributed by atoms with E-state index in [9.17, 15) is 13.2 Å². The molecule has 0 radical (unpaired) electrons. The van der Waals surface area contributed by atoms with Crippen LogP contribution >= 0.6 is 0 Å². The second-order valence-corrected chi connectivity index (χ2v) is 3.86. The predicted octanol–water partition coefficient (Wildman–Crippen LogP) is 1.64. The second kappa shape index (κ2) is 4.43. The van der Waals surface area contributed by atoms with E-state index in [1.807, 2.05) is 0 Å². The quantitative estimate of drug-likeness (QED) is 0.842. The average Bonchev–Trinajstić information content (AvgIpc) is 2.84. The first-order valence-corrected chi connectivity index (χ1v) is 5.39. The molecule has 0 bridgehead atoms. The Balaban J connectivity index is 2.34. The number of rotatable bonds is 3. The zero-order valence-electron chi connectivity index (χ0n) is 9.94. The van der Waals surface area contributed by atoms with Crippen LogP contribution in [0, 0.1) is 0 Å². The van der Waals surface area contributed by atoms with Gasteiger partial charge in [-0.1, -0.05) is 0 Å². The molecular formula is C10H12F3N5. The summed E-state index contributed by atoms with van der Waals surface area (Å²) in [5.74, 6) is 0. The third kappa shape index (κ3) is 2.52. The molecule has 0 atom stereocenters. The summed E-state index contributed by atoms with van der Waals surface area (Å²) >= 11 is 0. The zero-order valence-corrected chi connectivity index (χ0v) is 9.94. The van der Waals surface area contributed by atoms with Crippen molar-refractivity contribution >= 4 is 0 Å². The van der Waals surface area contributed by atoms with Gasteiger partial charge in [-0.25, -0.2) is 0 Å². The first-order valence-electron chi connectivity index (χ1n) is 5.39. The van der Waals surface area contributed by atoms with Gasteiger partial charge in [0.05, 0.1) is 11.9 Å². The van der Waals surface area contributed by atoms with E-state index in [2.05, 4.69) is 15.3 Å². The van der Waals surface area contributed by atoms with Crippen LogP contribution in [0.3, 0.4) is 0 Å². The Hall–Kier alpha value is -1.86. The van der Waals surface area contributed by atoms with Gasteiger partial charge in [-0.3, -0.25) is 4.68 Å². The molecule has 8 heteroatoms. The summed E-state index contributed by atoms with van der Waals surface area (Å²) in [5.41, 5.74) is -0.251. The monoisotopic (exact) mass is 259 g/mol. The van der Waals surface area contributed by atoms with Crippen LogP contribution in [0.1, 0.15) is 23.9 Å². The fourth-order valence-electron chi connectivity index (χ4n) is 1.66. The minimum Gasteiger partial charge on any atom is -0.272 e. The molecule has 98 valence electrons. The van der Waals surface area contributed by atoms with Gasteiger partial charge in [0.1, 0.15) is 0 Å². The van der Waals surface area contributed by atoms with E-state index in [4.69, 9.17) is 0 Å². The topological polar surface area (TPSA) is 48.5 Å². The maximum absolute atomic E-state index is 12.8. The van der Waals surface area contributed by atoms with Crippen molar-refractivity contribution in [2.45, 2.75) is 26.1 Å². The van der Waals surface area contributed by atoms with Crippen molar-refractivity contribution in [3.05, 3.63) is 29.3 Å². The minimum atomic E-state index is -4.45. The Bertz CT molecular complexity index is 540. The van der Waals surface area contributed by atoms with E-state index in [-0.39, 0.29) is 12.0 Å². The van der Waals surface area contributed by atoms with Crippen molar-refractivity contribution in [2.75, 3.05) is 0 Å². The van der Waals surface area contributed by atoms with Crippen LogP contribution < -0.4 is 0 Å². The summed E-state index contributed by atoms with van der Waals surface area (Å²) in [4.78, 5) is 1.31. The molecule has 2 heterocycles. The normalized spacial score (nSPS) is 12.1. The molecule has 0 unspecified atom stereocenters. The van der Waals surface area contributed by atoms with Gasteiger partial charge in [0.2, 0.25) is 0 Å². The van der Waals surface area contributed by atoms with Gasteiger partial charge in [-0.2, -0.15) is 33.3 Å². The van der Waals surface area contributed by atoms with E-state index < -0.39 is 11.9 Å². The van der Waals surface area contributed by atoms with Crippen LogP contribution in [-0.4, -0.2) is 24.8 Å². The zero-order chi connectivity index (χ0) is 13.3. The van der Waals surface area contributed by atoms with Crippen LogP contribution in [0.5, 0.6) is 0 Å². The van der Waals surface area contributed by atoms with Gasteiger partial charge in [-0.15, -0.1) is 0 Å². The van der Waals surface area contributed by atoms with Gasteiger partial charge in [0, 0.05) is 31.8 Å². The van der Waals surface area contributed by atoms with Crippen LogP contribution in [-0.2, 0) is 26.2 Å². The van der Waals surface area contributed by atoms with Gasteiger partial charge in [0.25, 0.3) is 0 Å². The lowest BCUT2D eigenvalue weighted by molar-refractivity contribution is -0.142. The largest absolute Gasteiger partial charge is 0.435 e. The lowest BCUT2D eigenvalue weighted by Gasteiger charge is -2.04. The average molecular weight is 259 g/mol. The molecule has 0 N–H and O–H groups in total. The Labute approximate surface area is 101 Å². The first kappa shape index (κ1) is 12.6. The molecule has 5 nitrogen and oxygen atoms in total. The lowest BCUT2D eigenvalue weighted by atomic mass is 10.1. The molecule has 0 spiro atoms. The smallest absolute Gasteiger partial charge is 0.272 e. The van der Waals surface area contributed by atoms with Crippen molar-refractivity contribution in [1.82, 2.24) is 24.8 Å². The summed E-state index contributed by atoms with van der Waals surface area (Å²) in [6.07, 6.45) is -1.53. The number of aromatic nitrogens is 5. The van der Waals surface area contributed by atoms with Crippen LogP contribution in [0.4, 0.5) is 13.2 Å². The Morgan fingerprint density at radius 2 is 2.00 bits per heavy atom. The molecule has 2 aromatic rings. The van der Waals surface area contributed by atoms with Gasteiger partial charge in [-0.05, 0) is 6.92 Å². The van der Waals surface area contributed by atoms with Crippen molar-refractivity contribution in [3.63, 3.8) is 0 Å². The van der Waals surface area contributed by atoms with Crippen LogP contribution in [0.25, 0.3) is 0 Å². The van der Waals surface area contributed by atoms with Gasteiger partial charge in [0.15, 0.2) is 5.69 Å². The van der Waals surface area contributed by atoms with Crippen molar-refractivity contribution < 1.29 is 13.2 Å². The third-order valence-corrected chi connectivity index (χ3v) is 2.45. The summed E-state index contributed by atoms with van der Waals surface area (Å²) in [6, 6.07) is 0. The maximum Gasteiger partial charge on any atom is 0.435 e. The van der Waals surface area contributed by atoms with E-state index >= 15 is 0 Å². The van der Waals surface area contributed by atoms with E-state index in [0.29, 0.717) is 12.2 Å². The second-order valence-electron chi connectivity index (χ2n) is 3.86. The van der Waals surface area contributed by atoms with Crippen molar-refractivity contribution in [3.8, 4) is 0 Å². The number of alkyl halides is 3. The van der Waals surface area contributed by atoms with Crippen molar-refractivity contribution in [1.29, 1.82) is 0 Å². The summed E-state index contributed by atoms with van der Waals surface area (Å²) in [6.45, 7) is 2.13. The van der Waals surface area contributed by atoms with E-state index in [0.717, 1.165) is 0 Å². The van der Waals surface area contributed by atoms with E-state index in [1.54, 1.807) is 14.0 Å². The van der Waals surface area contributed by atoms with Crippen LogP contribution in [0.2, 0.25) is 0 Å². The SMILES string of the molecule is CCn1cc(Cc2cnn(C)n2)c(C(F)(F)F)n1. The summed E-state index contributed by atoms with van der Waals surface area (Å²) in [5, 5.41) is 11.3. The molecule has 2 rings (SSSR count). The fourth-order valence-corrected chi connectivity index (χ4v) is 1.66. The number of aryl methyl sites for hydroxylation is 2. The van der Waals surface area contributed by atoms with Gasteiger partial charge < -0.3 is 0 Å². The summed E-state index contributed by atoms with van der Waals surface area (Å²) in [7, 11) is 1.61. The number of hydrogen-bond acceptors (Lipinski definition) is 3. The molecule has 18 heavy (non-hydrogen) atoms. The third-order valence-electron chi connectivity index (χ3n) is 2.45. The maximum atomic E-state index is 12.8. The number of nitrogens with zero attached hydrogens (tertiary/aromatic N) is 5. The molecular weight excluding hydrogens is 247 g/mol. The van der Waals surface area contributed by atoms with Gasteiger partial charge >= 0.3 is 6.18 Å². The minimum absolute atomic E-state index is 0.0721. The predicted molar refractivity (Wildman–Crippen MR) is 56.7 cm³/mol. The Morgan fingerprint density at radius 1 is 1.28 bits per heavy atom. The molecule has 0 aliphatic carbocycles. The molecule has 0 amide bonds. The molecule has 0 saturated carbocycles. The Kier molecular flexibility index (Phi) is 3.10. The molecule has 0 saturated heterocycles. The van der Waals surface area contributed by atoms with Crippen molar-refractivity contribution in [2.24, 2.45) is 7.05 Å². The highest BCUT2D eigenvalue weighted by Crippen LogP contribution is 2.31. The highest BCUT2D eigenvalue weighted by Gasteiger charge is 2.37. The highest BCUT2D eigenvalue weighted by molar-refractivity contribution is 5.24. The molecule has 0 aromatic carbocycles. The fraction of sp³-hybridized carbons (Fsp3) is 0.500. The first-order chi connectivity index (χ1) is 8.40. The molecule has 0 fully saturated rings. The molecule has 2 aromatic heterocycles. The van der Waals surface area contributed by atoms with E-state index in [1.165, 1.54) is 21.9 Å².